The zero-order chi connectivity index (χ0) is 9.35. The Balaban J connectivity index is 3.14. The Labute approximate surface area is 68.2 Å². The highest BCUT2D eigenvalue weighted by Gasteiger charge is 2.25. The lowest BCUT2D eigenvalue weighted by molar-refractivity contribution is 0.0167. The van der Waals surface area contributed by atoms with Crippen molar-refractivity contribution in [2.75, 3.05) is 0 Å². The summed E-state index contributed by atoms with van der Waals surface area (Å²) in [6.45, 7) is 2.13. The van der Waals surface area contributed by atoms with Crippen molar-refractivity contribution in [3.05, 3.63) is 29.3 Å². The number of alkyl halides is 2. The zero-order valence-electron chi connectivity index (χ0n) is 6.74. The quantitative estimate of drug-likeness (QED) is 0.639. The third kappa shape index (κ3) is 1.75. The molecule has 12 heavy (non-hydrogen) atoms. The predicted octanol–water partition coefficient (Wildman–Crippen LogP) is 2.64. The molecule has 1 rings (SSSR count). The number of aryl methyl sites for hydroxylation is 1. The molecule has 1 nitrogen and oxygen atoms in total. The van der Waals surface area contributed by atoms with E-state index in [-0.39, 0.29) is 5.69 Å². The van der Waals surface area contributed by atoms with Gasteiger partial charge in [-0.1, -0.05) is 0 Å². The van der Waals surface area contributed by atoms with Gasteiger partial charge in [0.15, 0.2) is 0 Å². The SMILES string of the molecule is Cc1ncc(C(C)(F)F)cc1F. The summed E-state index contributed by atoms with van der Waals surface area (Å²) in [6, 6.07) is 0.808. The van der Waals surface area contributed by atoms with Crippen molar-refractivity contribution >= 4 is 0 Å². The van der Waals surface area contributed by atoms with Crippen LogP contribution < -0.4 is 0 Å². The second kappa shape index (κ2) is 2.77. The van der Waals surface area contributed by atoms with Crippen molar-refractivity contribution in [2.24, 2.45) is 0 Å². The molecule has 1 heterocycles. The molecule has 0 saturated carbocycles. The van der Waals surface area contributed by atoms with Crippen LogP contribution in [0.5, 0.6) is 0 Å². The average Bonchev–Trinajstić information content (AvgIpc) is 1.92. The Kier molecular flexibility index (Phi) is 2.08. The first-order chi connectivity index (χ1) is 5.41. The molecule has 0 bridgehead atoms. The van der Waals surface area contributed by atoms with Crippen LogP contribution in [0.25, 0.3) is 0 Å². The van der Waals surface area contributed by atoms with Gasteiger partial charge in [-0.3, -0.25) is 4.98 Å². The molecule has 0 atom stereocenters. The molecule has 0 unspecified atom stereocenters. The van der Waals surface area contributed by atoms with Crippen molar-refractivity contribution in [3.63, 3.8) is 0 Å². The number of halogens is 3. The van der Waals surface area contributed by atoms with Crippen molar-refractivity contribution in [2.45, 2.75) is 19.8 Å². The van der Waals surface area contributed by atoms with E-state index in [0.717, 1.165) is 12.3 Å². The van der Waals surface area contributed by atoms with Crippen molar-refractivity contribution in [1.82, 2.24) is 4.98 Å². The molecule has 0 aromatic carbocycles. The summed E-state index contributed by atoms with van der Waals surface area (Å²) in [5, 5.41) is 0. The minimum atomic E-state index is -3.03. The number of rotatable bonds is 1. The van der Waals surface area contributed by atoms with Gasteiger partial charge < -0.3 is 0 Å². The highest BCUT2D eigenvalue weighted by atomic mass is 19.3. The largest absolute Gasteiger partial charge is 0.272 e. The summed E-state index contributed by atoms with van der Waals surface area (Å²) in [7, 11) is 0. The summed E-state index contributed by atoms with van der Waals surface area (Å²) < 4.78 is 37.8. The van der Waals surface area contributed by atoms with E-state index in [1.54, 1.807) is 0 Å². The fraction of sp³-hybridized carbons (Fsp3) is 0.375. The van der Waals surface area contributed by atoms with Crippen LogP contribution in [-0.2, 0) is 5.92 Å². The summed E-state index contributed by atoms with van der Waals surface area (Å²) in [5.74, 6) is -3.73. The van der Waals surface area contributed by atoms with Gasteiger partial charge in [0.25, 0.3) is 5.92 Å². The molecule has 0 aliphatic heterocycles. The average molecular weight is 175 g/mol. The molecule has 0 N–H and O–H groups in total. The van der Waals surface area contributed by atoms with Crippen molar-refractivity contribution in [3.8, 4) is 0 Å². The minimum Gasteiger partial charge on any atom is -0.258 e. The van der Waals surface area contributed by atoms with Gasteiger partial charge in [-0.2, -0.15) is 0 Å². The predicted molar refractivity (Wildman–Crippen MR) is 38.5 cm³/mol. The molecule has 0 amide bonds. The van der Waals surface area contributed by atoms with Crippen LogP contribution in [0.15, 0.2) is 12.3 Å². The van der Waals surface area contributed by atoms with E-state index in [9.17, 15) is 13.2 Å². The van der Waals surface area contributed by atoms with Gasteiger partial charge in [-0.25, -0.2) is 13.2 Å². The number of pyridine rings is 1. The third-order valence-corrected chi connectivity index (χ3v) is 1.53. The molecule has 1 aromatic heterocycles. The molecule has 0 aliphatic rings. The Hall–Kier alpha value is -1.06. The first kappa shape index (κ1) is 9.03. The molecule has 66 valence electrons. The third-order valence-electron chi connectivity index (χ3n) is 1.53. The molecule has 0 radical (unpaired) electrons. The van der Waals surface area contributed by atoms with E-state index in [1.165, 1.54) is 6.92 Å². The molecule has 0 fully saturated rings. The Morgan fingerprint density at radius 3 is 2.42 bits per heavy atom. The molecule has 0 aliphatic carbocycles. The Morgan fingerprint density at radius 2 is 2.00 bits per heavy atom. The monoisotopic (exact) mass is 175 g/mol. The molecule has 0 saturated heterocycles. The van der Waals surface area contributed by atoms with Crippen LogP contribution in [0.3, 0.4) is 0 Å². The first-order valence-electron chi connectivity index (χ1n) is 3.41. The molecular weight excluding hydrogens is 167 g/mol. The summed E-state index contributed by atoms with van der Waals surface area (Å²) in [6.07, 6.45) is 0.985. The van der Waals surface area contributed by atoms with E-state index >= 15 is 0 Å². The summed E-state index contributed by atoms with van der Waals surface area (Å²) in [4.78, 5) is 3.49. The summed E-state index contributed by atoms with van der Waals surface area (Å²) >= 11 is 0. The fourth-order valence-corrected chi connectivity index (χ4v) is 0.746. The van der Waals surface area contributed by atoms with Crippen LogP contribution in [0.2, 0.25) is 0 Å². The van der Waals surface area contributed by atoms with Crippen molar-refractivity contribution < 1.29 is 13.2 Å². The second-order valence-corrected chi connectivity index (χ2v) is 2.68. The number of hydrogen-bond donors (Lipinski definition) is 0. The standard InChI is InChI=1S/C8H8F3N/c1-5-7(9)3-6(4-12-5)8(2,10)11/h3-4H,1-2H3. The van der Waals surface area contributed by atoms with Crippen LogP contribution in [0, 0.1) is 12.7 Å². The van der Waals surface area contributed by atoms with Crippen LogP contribution in [-0.4, -0.2) is 4.98 Å². The maximum absolute atomic E-state index is 12.7. The van der Waals surface area contributed by atoms with Crippen molar-refractivity contribution in [1.29, 1.82) is 0 Å². The summed E-state index contributed by atoms with van der Waals surface area (Å²) in [5.41, 5.74) is -0.270. The number of hydrogen-bond acceptors (Lipinski definition) is 1. The number of nitrogens with zero attached hydrogens (tertiary/aromatic N) is 1. The minimum absolute atomic E-state index is 0.128. The maximum atomic E-state index is 12.7. The maximum Gasteiger partial charge on any atom is 0.272 e. The zero-order valence-corrected chi connectivity index (χ0v) is 6.74. The topological polar surface area (TPSA) is 12.9 Å². The van der Waals surface area contributed by atoms with E-state index < -0.39 is 17.3 Å². The van der Waals surface area contributed by atoms with Gasteiger partial charge in [-0.15, -0.1) is 0 Å². The van der Waals surface area contributed by atoms with E-state index in [4.69, 9.17) is 0 Å². The van der Waals surface area contributed by atoms with Gasteiger partial charge >= 0.3 is 0 Å². The van der Waals surface area contributed by atoms with E-state index in [1.807, 2.05) is 0 Å². The van der Waals surface area contributed by atoms with Crippen LogP contribution in [0.1, 0.15) is 18.2 Å². The normalized spacial score (nSPS) is 11.8. The first-order valence-corrected chi connectivity index (χ1v) is 3.41. The smallest absolute Gasteiger partial charge is 0.258 e. The number of aromatic nitrogens is 1. The van der Waals surface area contributed by atoms with Gasteiger partial charge in [0.1, 0.15) is 5.82 Å². The second-order valence-electron chi connectivity index (χ2n) is 2.68. The van der Waals surface area contributed by atoms with Crippen LogP contribution in [0.4, 0.5) is 13.2 Å². The molecule has 0 spiro atoms. The van der Waals surface area contributed by atoms with Crippen LogP contribution >= 0.6 is 0 Å². The van der Waals surface area contributed by atoms with E-state index in [0.29, 0.717) is 6.92 Å². The van der Waals surface area contributed by atoms with E-state index in [2.05, 4.69) is 4.98 Å². The highest BCUT2D eigenvalue weighted by Crippen LogP contribution is 2.26. The van der Waals surface area contributed by atoms with Gasteiger partial charge in [0, 0.05) is 18.7 Å². The van der Waals surface area contributed by atoms with Gasteiger partial charge in [-0.05, 0) is 13.0 Å². The van der Waals surface area contributed by atoms with Gasteiger partial charge in [0.2, 0.25) is 0 Å². The lowest BCUT2D eigenvalue weighted by Gasteiger charge is -2.09. The fourth-order valence-electron chi connectivity index (χ4n) is 0.746. The molecule has 4 heteroatoms. The highest BCUT2D eigenvalue weighted by molar-refractivity contribution is 5.19. The molecular formula is C8H8F3N. The Morgan fingerprint density at radius 1 is 1.42 bits per heavy atom. The Bertz CT molecular complexity index is 291. The van der Waals surface area contributed by atoms with Gasteiger partial charge in [0.05, 0.1) is 5.69 Å². The molecule has 1 aromatic rings. The lowest BCUT2D eigenvalue weighted by atomic mass is 10.1. The lowest BCUT2D eigenvalue weighted by Crippen LogP contribution is -2.08.